The van der Waals surface area contributed by atoms with E-state index in [-0.39, 0.29) is 6.04 Å². The fraction of sp³-hybridized carbons (Fsp3) is 0.250. The van der Waals surface area contributed by atoms with Crippen LogP contribution in [0.5, 0.6) is 0 Å². The monoisotopic (exact) mass is 241 g/mol. The van der Waals surface area contributed by atoms with Gasteiger partial charge in [0.15, 0.2) is 0 Å². The molecule has 2 rings (SSSR count). The van der Waals surface area contributed by atoms with Crippen LogP contribution in [0.25, 0.3) is 0 Å². The zero-order chi connectivity index (χ0) is 12.8. The van der Waals surface area contributed by atoms with E-state index >= 15 is 0 Å². The molecule has 0 radical (unpaired) electrons. The molecule has 2 aromatic rings. The van der Waals surface area contributed by atoms with Crippen LogP contribution >= 0.6 is 0 Å². The minimum atomic E-state index is -0.507. The summed E-state index contributed by atoms with van der Waals surface area (Å²) < 4.78 is 0. The maximum atomic E-state index is 10.1. The third-order valence-corrected chi connectivity index (χ3v) is 3.10. The Hall–Kier alpha value is -1.64. The van der Waals surface area contributed by atoms with Crippen LogP contribution in [0.15, 0.2) is 60.7 Å². The van der Waals surface area contributed by atoms with E-state index in [1.54, 1.807) is 0 Å². The quantitative estimate of drug-likeness (QED) is 0.842. The Bertz CT molecular complexity index is 410. The largest absolute Gasteiger partial charge is 0.391 e. The van der Waals surface area contributed by atoms with Crippen LogP contribution in [0.1, 0.15) is 11.1 Å². The first kappa shape index (κ1) is 12.8. The molecule has 0 spiro atoms. The lowest BCUT2D eigenvalue weighted by atomic mass is 9.97. The lowest BCUT2D eigenvalue weighted by Gasteiger charge is -2.19. The summed E-state index contributed by atoms with van der Waals surface area (Å²) in [5, 5.41) is 10.1. The van der Waals surface area contributed by atoms with Crippen molar-refractivity contribution >= 4 is 0 Å². The lowest BCUT2D eigenvalue weighted by molar-refractivity contribution is 0.144. The maximum absolute atomic E-state index is 10.1. The summed E-state index contributed by atoms with van der Waals surface area (Å²) in [6.07, 6.45) is 0.802. The molecule has 18 heavy (non-hydrogen) atoms. The predicted molar refractivity (Wildman–Crippen MR) is 74.3 cm³/mol. The van der Waals surface area contributed by atoms with Crippen LogP contribution in [0.2, 0.25) is 0 Å². The number of hydrogen-bond acceptors (Lipinski definition) is 2. The van der Waals surface area contributed by atoms with Gasteiger partial charge in [-0.05, 0) is 24.0 Å². The Morgan fingerprint density at radius 1 is 0.778 bits per heavy atom. The van der Waals surface area contributed by atoms with E-state index in [0.717, 1.165) is 11.1 Å². The van der Waals surface area contributed by atoms with Gasteiger partial charge in [-0.1, -0.05) is 60.7 Å². The molecule has 0 saturated heterocycles. The van der Waals surface area contributed by atoms with Crippen molar-refractivity contribution < 1.29 is 5.11 Å². The Morgan fingerprint density at radius 3 is 1.72 bits per heavy atom. The first-order valence-electron chi connectivity index (χ1n) is 6.27. The van der Waals surface area contributed by atoms with Gasteiger partial charge in [0.1, 0.15) is 0 Å². The minimum Gasteiger partial charge on any atom is -0.391 e. The second-order valence-corrected chi connectivity index (χ2v) is 4.61. The van der Waals surface area contributed by atoms with E-state index in [0.29, 0.717) is 12.8 Å². The van der Waals surface area contributed by atoms with Crippen molar-refractivity contribution in [2.24, 2.45) is 5.73 Å². The van der Waals surface area contributed by atoms with Crippen molar-refractivity contribution in [3.05, 3.63) is 71.8 Å². The molecule has 2 heteroatoms. The summed E-state index contributed by atoms with van der Waals surface area (Å²) in [4.78, 5) is 0. The minimum absolute atomic E-state index is 0.229. The average molecular weight is 241 g/mol. The first-order chi connectivity index (χ1) is 8.75. The van der Waals surface area contributed by atoms with Crippen LogP contribution in [0.3, 0.4) is 0 Å². The summed E-state index contributed by atoms with van der Waals surface area (Å²) in [5.41, 5.74) is 8.33. The molecule has 94 valence electrons. The fourth-order valence-electron chi connectivity index (χ4n) is 2.03. The summed E-state index contributed by atoms with van der Waals surface area (Å²) in [6.45, 7) is 0. The second kappa shape index (κ2) is 6.34. The number of aliphatic hydroxyl groups excluding tert-OH is 1. The normalized spacial score (nSPS) is 14.1. The highest BCUT2D eigenvalue weighted by atomic mass is 16.3. The standard InChI is InChI=1S/C16H19NO/c17-15(11-13-7-3-1-4-8-13)16(18)12-14-9-5-2-6-10-14/h1-10,15-16,18H,11-12,17H2/t15-,16-/m1/s1. The van der Waals surface area contributed by atoms with Crippen LogP contribution in [-0.4, -0.2) is 17.3 Å². The highest BCUT2D eigenvalue weighted by Gasteiger charge is 2.15. The molecule has 0 saturated carbocycles. The fourth-order valence-corrected chi connectivity index (χ4v) is 2.03. The van der Waals surface area contributed by atoms with Crippen molar-refractivity contribution in [3.8, 4) is 0 Å². The van der Waals surface area contributed by atoms with Gasteiger partial charge in [0.2, 0.25) is 0 Å². The summed E-state index contributed by atoms with van der Waals surface area (Å²) in [5.74, 6) is 0. The van der Waals surface area contributed by atoms with E-state index in [1.165, 1.54) is 0 Å². The van der Waals surface area contributed by atoms with Crippen molar-refractivity contribution in [2.75, 3.05) is 0 Å². The molecule has 2 aromatic carbocycles. The van der Waals surface area contributed by atoms with E-state index in [1.807, 2.05) is 60.7 Å². The lowest BCUT2D eigenvalue weighted by Crippen LogP contribution is -2.38. The molecular formula is C16H19NO. The maximum Gasteiger partial charge on any atom is 0.0734 e. The molecule has 3 N–H and O–H groups in total. The average Bonchev–Trinajstić information content (AvgIpc) is 2.41. The molecule has 2 nitrogen and oxygen atoms in total. The Balaban J connectivity index is 1.91. The molecule has 0 aliphatic rings. The zero-order valence-electron chi connectivity index (χ0n) is 10.4. The van der Waals surface area contributed by atoms with E-state index in [4.69, 9.17) is 5.73 Å². The van der Waals surface area contributed by atoms with Gasteiger partial charge in [0.25, 0.3) is 0 Å². The molecule has 0 amide bonds. The van der Waals surface area contributed by atoms with Crippen LogP contribution in [0, 0.1) is 0 Å². The number of rotatable bonds is 5. The Labute approximate surface area is 108 Å². The smallest absolute Gasteiger partial charge is 0.0734 e. The van der Waals surface area contributed by atoms with E-state index in [2.05, 4.69) is 0 Å². The zero-order valence-corrected chi connectivity index (χ0v) is 10.4. The highest BCUT2D eigenvalue weighted by molar-refractivity contribution is 5.18. The van der Waals surface area contributed by atoms with Crippen molar-refractivity contribution in [2.45, 2.75) is 25.0 Å². The third kappa shape index (κ3) is 3.69. The van der Waals surface area contributed by atoms with Crippen LogP contribution < -0.4 is 5.73 Å². The third-order valence-electron chi connectivity index (χ3n) is 3.10. The number of aliphatic hydroxyl groups is 1. The molecule has 0 heterocycles. The van der Waals surface area contributed by atoms with Crippen LogP contribution in [0.4, 0.5) is 0 Å². The van der Waals surface area contributed by atoms with E-state index in [9.17, 15) is 5.11 Å². The summed E-state index contributed by atoms with van der Waals surface area (Å²) in [7, 11) is 0. The van der Waals surface area contributed by atoms with Crippen molar-refractivity contribution in [1.29, 1.82) is 0 Å². The van der Waals surface area contributed by atoms with Gasteiger partial charge in [-0.25, -0.2) is 0 Å². The molecule has 0 aliphatic heterocycles. The van der Waals surface area contributed by atoms with Gasteiger partial charge in [-0.15, -0.1) is 0 Å². The van der Waals surface area contributed by atoms with Crippen LogP contribution in [-0.2, 0) is 12.8 Å². The van der Waals surface area contributed by atoms with Gasteiger partial charge in [0, 0.05) is 6.04 Å². The molecule has 0 aromatic heterocycles. The number of hydrogen-bond donors (Lipinski definition) is 2. The van der Waals surface area contributed by atoms with Gasteiger partial charge >= 0.3 is 0 Å². The molecule has 0 aliphatic carbocycles. The van der Waals surface area contributed by atoms with E-state index < -0.39 is 6.10 Å². The predicted octanol–water partition coefficient (Wildman–Crippen LogP) is 2.16. The SMILES string of the molecule is N[C@H](Cc1ccccc1)[C@H](O)Cc1ccccc1. The van der Waals surface area contributed by atoms with Gasteiger partial charge in [-0.2, -0.15) is 0 Å². The topological polar surface area (TPSA) is 46.2 Å². The molecule has 2 atom stereocenters. The van der Waals surface area contributed by atoms with Crippen molar-refractivity contribution in [1.82, 2.24) is 0 Å². The van der Waals surface area contributed by atoms with Gasteiger partial charge in [-0.3, -0.25) is 0 Å². The van der Waals surface area contributed by atoms with Gasteiger partial charge < -0.3 is 10.8 Å². The molecule has 0 bridgehead atoms. The summed E-state index contributed by atoms with van der Waals surface area (Å²) in [6, 6.07) is 19.8. The number of benzene rings is 2. The highest BCUT2D eigenvalue weighted by Crippen LogP contribution is 2.09. The Kier molecular flexibility index (Phi) is 4.51. The van der Waals surface area contributed by atoms with Gasteiger partial charge in [0.05, 0.1) is 6.10 Å². The Morgan fingerprint density at radius 2 is 1.22 bits per heavy atom. The molecule has 0 fully saturated rings. The molecule has 0 unspecified atom stereocenters. The summed E-state index contributed by atoms with van der Waals surface area (Å²) >= 11 is 0. The second-order valence-electron chi connectivity index (χ2n) is 4.61. The number of nitrogens with two attached hydrogens (primary N) is 1. The molecular weight excluding hydrogens is 222 g/mol. The van der Waals surface area contributed by atoms with Crippen molar-refractivity contribution in [3.63, 3.8) is 0 Å². The first-order valence-corrected chi connectivity index (χ1v) is 6.27.